The predicted octanol–water partition coefficient (Wildman–Crippen LogP) is 1.58. The first-order valence-electron chi connectivity index (χ1n) is 4.61. The molecule has 0 aliphatic rings. The summed E-state index contributed by atoms with van der Waals surface area (Å²) < 4.78 is 5.15. The predicted molar refractivity (Wildman–Crippen MR) is 60.0 cm³/mol. The second kappa shape index (κ2) is 5.23. The van der Waals surface area contributed by atoms with Crippen molar-refractivity contribution in [3.05, 3.63) is 24.2 Å². The zero-order chi connectivity index (χ0) is 11.3. The summed E-state index contributed by atoms with van der Waals surface area (Å²) in [6, 6.07) is 3.70. The minimum absolute atomic E-state index is 0.500. The summed E-state index contributed by atoms with van der Waals surface area (Å²) in [6.45, 7) is 1.67. The van der Waals surface area contributed by atoms with Crippen LogP contribution in [0.2, 0.25) is 0 Å². The lowest BCUT2D eigenvalue weighted by molar-refractivity contribution is -0.142. The molecule has 0 radical (unpaired) electrons. The van der Waals surface area contributed by atoms with Crippen molar-refractivity contribution in [1.29, 1.82) is 0 Å². The van der Waals surface area contributed by atoms with Crippen LogP contribution in [0.5, 0.6) is 0 Å². The molecule has 0 saturated carbocycles. The summed E-state index contributed by atoms with van der Waals surface area (Å²) >= 11 is 1.53. The van der Waals surface area contributed by atoms with E-state index in [2.05, 4.69) is 5.32 Å². The van der Waals surface area contributed by atoms with Crippen molar-refractivity contribution < 1.29 is 14.3 Å². The molecule has 0 spiro atoms. The van der Waals surface area contributed by atoms with Crippen LogP contribution < -0.4 is 5.32 Å². The van der Waals surface area contributed by atoms with Crippen molar-refractivity contribution in [2.45, 2.75) is 18.2 Å². The van der Waals surface area contributed by atoms with Crippen LogP contribution in [0.25, 0.3) is 0 Å². The van der Waals surface area contributed by atoms with Gasteiger partial charge in [-0.2, -0.15) is 11.8 Å². The Bertz CT molecular complexity index is 312. The molecule has 15 heavy (non-hydrogen) atoms. The zero-order valence-electron chi connectivity index (χ0n) is 8.82. The third-order valence-electron chi connectivity index (χ3n) is 2.24. The Morgan fingerprint density at radius 3 is 2.93 bits per heavy atom. The molecule has 0 aliphatic heterocycles. The maximum absolute atomic E-state index is 10.9. The third kappa shape index (κ3) is 3.28. The fourth-order valence-electron chi connectivity index (χ4n) is 0.991. The monoisotopic (exact) mass is 229 g/mol. The van der Waals surface area contributed by atoms with E-state index in [4.69, 9.17) is 9.52 Å². The van der Waals surface area contributed by atoms with Crippen LogP contribution in [0.4, 0.5) is 0 Å². The minimum atomic E-state index is -0.878. The van der Waals surface area contributed by atoms with Crippen molar-refractivity contribution in [1.82, 2.24) is 5.32 Å². The Morgan fingerprint density at radius 2 is 2.47 bits per heavy atom. The van der Waals surface area contributed by atoms with Crippen molar-refractivity contribution in [3.63, 3.8) is 0 Å². The Labute approximate surface area is 93.0 Å². The average molecular weight is 229 g/mol. The fourth-order valence-corrected chi connectivity index (χ4v) is 2.13. The number of carboxylic acids is 1. The molecule has 1 heterocycles. The van der Waals surface area contributed by atoms with E-state index in [0.717, 1.165) is 5.76 Å². The van der Waals surface area contributed by atoms with Crippen molar-refractivity contribution in [2.24, 2.45) is 0 Å². The molecule has 2 N–H and O–H groups in total. The SMILES string of the molecule is CNC(C)(CSCc1ccco1)C(=O)O. The first kappa shape index (κ1) is 12.1. The first-order valence-corrected chi connectivity index (χ1v) is 5.76. The summed E-state index contributed by atoms with van der Waals surface area (Å²) in [5, 5.41) is 11.8. The maximum atomic E-state index is 10.9. The van der Waals surface area contributed by atoms with E-state index < -0.39 is 11.5 Å². The quantitative estimate of drug-likeness (QED) is 0.775. The molecule has 1 aromatic rings. The highest BCUT2D eigenvalue weighted by molar-refractivity contribution is 7.98. The van der Waals surface area contributed by atoms with E-state index in [0.29, 0.717) is 11.5 Å². The minimum Gasteiger partial charge on any atom is -0.480 e. The number of likely N-dealkylation sites (N-methyl/N-ethyl adjacent to an activating group) is 1. The molecule has 1 atom stereocenters. The van der Waals surface area contributed by atoms with Crippen molar-refractivity contribution >= 4 is 17.7 Å². The molecule has 0 bridgehead atoms. The number of hydrogen-bond donors (Lipinski definition) is 2. The molecule has 84 valence electrons. The summed E-state index contributed by atoms with van der Waals surface area (Å²) in [4.78, 5) is 10.9. The normalized spacial score (nSPS) is 14.8. The summed E-state index contributed by atoms with van der Waals surface area (Å²) in [5.74, 6) is 1.22. The van der Waals surface area contributed by atoms with Gasteiger partial charge >= 0.3 is 5.97 Å². The number of rotatable bonds is 6. The van der Waals surface area contributed by atoms with Gasteiger partial charge in [0.25, 0.3) is 0 Å². The Balaban J connectivity index is 2.38. The van der Waals surface area contributed by atoms with Gasteiger partial charge in [0.1, 0.15) is 11.3 Å². The molecule has 0 amide bonds. The Kier molecular flexibility index (Phi) is 4.23. The van der Waals surface area contributed by atoms with Crippen LogP contribution in [-0.2, 0) is 10.5 Å². The van der Waals surface area contributed by atoms with Gasteiger partial charge in [-0.15, -0.1) is 0 Å². The van der Waals surface area contributed by atoms with E-state index in [1.807, 2.05) is 12.1 Å². The molecule has 1 aromatic heterocycles. The summed E-state index contributed by atoms with van der Waals surface area (Å²) in [7, 11) is 1.65. The van der Waals surface area contributed by atoms with Gasteiger partial charge in [0.05, 0.1) is 12.0 Å². The molecule has 0 aliphatic carbocycles. The maximum Gasteiger partial charge on any atom is 0.324 e. The van der Waals surface area contributed by atoms with E-state index in [1.54, 1.807) is 20.2 Å². The highest BCUT2D eigenvalue weighted by Crippen LogP contribution is 2.18. The number of furan rings is 1. The van der Waals surface area contributed by atoms with E-state index in [1.165, 1.54) is 11.8 Å². The summed E-state index contributed by atoms with van der Waals surface area (Å²) in [6.07, 6.45) is 1.62. The van der Waals surface area contributed by atoms with Gasteiger partial charge in [-0.25, -0.2) is 0 Å². The van der Waals surface area contributed by atoms with Gasteiger partial charge in [0, 0.05) is 5.75 Å². The Morgan fingerprint density at radius 1 is 1.73 bits per heavy atom. The standard InChI is InChI=1S/C10H15NO3S/c1-10(11-2,9(12)13)7-15-6-8-4-3-5-14-8/h3-5,11H,6-7H2,1-2H3,(H,12,13). The summed E-state index contributed by atoms with van der Waals surface area (Å²) in [5.41, 5.74) is -0.878. The van der Waals surface area contributed by atoms with Crippen molar-refractivity contribution in [3.8, 4) is 0 Å². The second-order valence-corrected chi connectivity index (χ2v) is 4.45. The first-order chi connectivity index (χ1) is 7.08. The van der Waals surface area contributed by atoms with Gasteiger partial charge in [0.2, 0.25) is 0 Å². The number of carboxylic acid groups (broad SMARTS) is 1. The van der Waals surface area contributed by atoms with Gasteiger partial charge in [-0.1, -0.05) is 0 Å². The third-order valence-corrected chi connectivity index (χ3v) is 3.51. The molecular weight excluding hydrogens is 214 g/mol. The van der Waals surface area contributed by atoms with Crippen molar-refractivity contribution in [2.75, 3.05) is 12.8 Å². The molecule has 4 nitrogen and oxygen atoms in total. The van der Waals surface area contributed by atoms with Gasteiger partial charge < -0.3 is 14.8 Å². The van der Waals surface area contributed by atoms with E-state index >= 15 is 0 Å². The second-order valence-electron chi connectivity index (χ2n) is 3.46. The molecular formula is C10H15NO3S. The van der Waals surface area contributed by atoms with Crippen LogP contribution >= 0.6 is 11.8 Å². The van der Waals surface area contributed by atoms with Crippen LogP contribution in [0.3, 0.4) is 0 Å². The number of hydrogen-bond acceptors (Lipinski definition) is 4. The molecule has 0 aromatic carbocycles. The van der Waals surface area contributed by atoms with E-state index in [-0.39, 0.29) is 0 Å². The largest absolute Gasteiger partial charge is 0.480 e. The van der Waals surface area contributed by atoms with Gasteiger partial charge in [0.15, 0.2) is 0 Å². The van der Waals surface area contributed by atoms with Crippen LogP contribution in [0, 0.1) is 0 Å². The number of carbonyl (C=O) groups is 1. The lowest BCUT2D eigenvalue weighted by Crippen LogP contribution is -2.49. The lowest BCUT2D eigenvalue weighted by Gasteiger charge is -2.23. The molecule has 0 fully saturated rings. The molecule has 5 heteroatoms. The van der Waals surface area contributed by atoms with Crippen LogP contribution in [-0.4, -0.2) is 29.4 Å². The van der Waals surface area contributed by atoms with Gasteiger partial charge in [-0.3, -0.25) is 4.79 Å². The molecule has 0 saturated heterocycles. The number of thioether (sulfide) groups is 1. The molecule has 1 unspecified atom stereocenters. The highest BCUT2D eigenvalue weighted by atomic mass is 32.2. The van der Waals surface area contributed by atoms with Crippen LogP contribution in [0.15, 0.2) is 22.8 Å². The average Bonchev–Trinajstić information content (AvgIpc) is 2.70. The lowest BCUT2D eigenvalue weighted by atomic mass is 10.1. The topological polar surface area (TPSA) is 62.5 Å². The molecule has 1 rings (SSSR count). The van der Waals surface area contributed by atoms with Crippen LogP contribution in [0.1, 0.15) is 12.7 Å². The zero-order valence-corrected chi connectivity index (χ0v) is 9.63. The Hall–Kier alpha value is -0.940. The number of nitrogens with one attached hydrogen (secondary N) is 1. The highest BCUT2D eigenvalue weighted by Gasteiger charge is 2.30. The van der Waals surface area contributed by atoms with Gasteiger partial charge in [-0.05, 0) is 26.1 Å². The van der Waals surface area contributed by atoms with E-state index in [9.17, 15) is 4.79 Å². The number of aliphatic carboxylic acids is 1. The smallest absolute Gasteiger partial charge is 0.324 e. The fraction of sp³-hybridized carbons (Fsp3) is 0.500.